The van der Waals surface area contributed by atoms with Crippen molar-refractivity contribution in [1.82, 2.24) is 10.6 Å². The molecule has 5 heteroatoms. The van der Waals surface area contributed by atoms with Crippen LogP contribution < -0.4 is 10.6 Å². The summed E-state index contributed by atoms with van der Waals surface area (Å²) in [5.74, 6) is -0.988. The fraction of sp³-hybridized carbons (Fsp3) is 0.833. The lowest BCUT2D eigenvalue weighted by atomic mass is 9.85. The van der Waals surface area contributed by atoms with E-state index in [1.165, 1.54) is 0 Å². The largest absolute Gasteiger partial charge is 0.396 e. The maximum Gasteiger partial charge on any atom is 0.309 e. The van der Waals surface area contributed by atoms with E-state index >= 15 is 0 Å². The molecule has 0 saturated heterocycles. The van der Waals surface area contributed by atoms with Crippen LogP contribution in [-0.2, 0) is 9.59 Å². The number of carbonyl (C=O) groups excluding carboxylic acids is 2. The first-order chi connectivity index (χ1) is 8.20. The van der Waals surface area contributed by atoms with Crippen LogP contribution in [0.3, 0.4) is 0 Å². The van der Waals surface area contributed by atoms with Gasteiger partial charge in [-0.3, -0.25) is 9.59 Å². The number of hydrogen-bond acceptors (Lipinski definition) is 3. The third-order valence-corrected chi connectivity index (χ3v) is 3.58. The predicted octanol–water partition coefficient (Wildman–Crippen LogP) is -0.0677. The van der Waals surface area contributed by atoms with Gasteiger partial charge in [0.25, 0.3) is 0 Å². The van der Waals surface area contributed by atoms with E-state index in [4.69, 9.17) is 0 Å². The van der Waals surface area contributed by atoms with E-state index in [9.17, 15) is 14.7 Å². The second-order valence-corrected chi connectivity index (χ2v) is 5.05. The van der Waals surface area contributed by atoms with E-state index in [1.54, 1.807) is 0 Å². The van der Waals surface area contributed by atoms with Gasteiger partial charge in [-0.25, -0.2) is 0 Å². The summed E-state index contributed by atoms with van der Waals surface area (Å²) in [5, 5.41) is 14.6. The zero-order chi connectivity index (χ0) is 12.3. The quantitative estimate of drug-likeness (QED) is 0.604. The summed E-state index contributed by atoms with van der Waals surface area (Å²) in [7, 11) is 0. The third kappa shape index (κ3) is 3.43. The molecule has 3 N–H and O–H groups in total. The average molecular weight is 240 g/mol. The molecule has 2 fully saturated rings. The van der Waals surface area contributed by atoms with E-state index in [0.29, 0.717) is 0 Å². The molecule has 0 aromatic rings. The highest BCUT2D eigenvalue weighted by Crippen LogP contribution is 2.24. The van der Waals surface area contributed by atoms with Crippen LogP contribution in [0.1, 0.15) is 38.5 Å². The van der Waals surface area contributed by atoms with Crippen LogP contribution in [0.4, 0.5) is 0 Å². The number of rotatable bonds is 3. The number of hydrogen-bond donors (Lipinski definition) is 3. The van der Waals surface area contributed by atoms with Gasteiger partial charge >= 0.3 is 11.8 Å². The summed E-state index contributed by atoms with van der Waals surface area (Å²) in [6, 6.07) is 0.152. The molecule has 2 aliphatic carbocycles. The lowest BCUT2D eigenvalue weighted by molar-refractivity contribution is -0.140. The molecule has 0 radical (unpaired) electrons. The van der Waals surface area contributed by atoms with Crippen molar-refractivity contribution < 1.29 is 14.7 Å². The van der Waals surface area contributed by atoms with E-state index in [1.807, 2.05) is 0 Å². The van der Waals surface area contributed by atoms with E-state index in [-0.39, 0.29) is 24.6 Å². The van der Waals surface area contributed by atoms with Crippen molar-refractivity contribution in [1.29, 1.82) is 0 Å². The van der Waals surface area contributed by atoms with Crippen LogP contribution in [0.5, 0.6) is 0 Å². The van der Waals surface area contributed by atoms with Gasteiger partial charge in [-0.1, -0.05) is 12.8 Å². The van der Waals surface area contributed by atoms with Crippen molar-refractivity contribution in [3.05, 3.63) is 0 Å². The molecule has 0 spiro atoms. The van der Waals surface area contributed by atoms with Crippen molar-refractivity contribution in [3.8, 4) is 0 Å². The van der Waals surface area contributed by atoms with Crippen LogP contribution in [0, 0.1) is 5.92 Å². The molecule has 0 aromatic heterocycles. The topological polar surface area (TPSA) is 78.4 Å². The molecule has 96 valence electrons. The Morgan fingerprint density at radius 1 is 1.00 bits per heavy atom. The molecule has 0 aromatic carbocycles. The molecule has 0 aliphatic heterocycles. The van der Waals surface area contributed by atoms with Gasteiger partial charge in [-0.15, -0.1) is 0 Å². The Hall–Kier alpha value is -1.10. The van der Waals surface area contributed by atoms with Gasteiger partial charge in [0.1, 0.15) is 0 Å². The Morgan fingerprint density at radius 3 is 2.29 bits per heavy atom. The second kappa shape index (κ2) is 5.49. The number of nitrogens with one attached hydrogen (secondary N) is 2. The van der Waals surface area contributed by atoms with Crippen LogP contribution in [0.25, 0.3) is 0 Å². The summed E-state index contributed by atoms with van der Waals surface area (Å²) in [6.07, 6.45) is 5.86. The monoisotopic (exact) mass is 240 g/mol. The molecule has 0 unspecified atom stereocenters. The van der Waals surface area contributed by atoms with E-state index < -0.39 is 11.8 Å². The van der Waals surface area contributed by atoms with Gasteiger partial charge in [-0.05, 0) is 25.7 Å². The zero-order valence-corrected chi connectivity index (χ0v) is 9.95. The Morgan fingerprint density at radius 2 is 1.65 bits per heavy atom. The molecule has 2 atom stereocenters. The van der Waals surface area contributed by atoms with Crippen molar-refractivity contribution in [2.24, 2.45) is 5.92 Å². The predicted molar refractivity (Wildman–Crippen MR) is 62.1 cm³/mol. The lowest BCUT2D eigenvalue weighted by Gasteiger charge is -2.30. The van der Waals surface area contributed by atoms with Crippen molar-refractivity contribution in [2.75, 3.05) is 6.61 Å². The molecular formula is C12H20N2O3. The van der Waals surface area contributed by atoms with E-state index in [2.05, 4.69) is 10.6 Å². The molecule has 2 amide bonds. The van der Waals surface area contributed by atoms with Gasteiger partial charge in [0.15, 0.2) is 0 Å². The van der Waals surface area contributed by atoms with Gasteiger partial charge in [0.2, 0.25) is 0 Å². The summed E-state index contributed by atoms with van der Waals surface area (Å²) < 4.78 is 0. The summed E-state index contributed by atoms with van der Waals surface area (Å²) >= 11 is 0. The number of amides is 2. The standard InChI is InChI=1S/C12H20N2O3/c15-7-8-3-1-2-4-10(8)14-12(17)11(16)13-9-5-6-9/h8-10,15H,1-7H2,(H,13,16)(H,14,17)/t8-,10+/m1/s1. The lowest BCUT2D eigenvalue weighted by Crippen LogP contribution is -2.49. The maximum atomic E-state index is 11.6. The maximum absolute atomic E-state index is 11.6. The summed E-state index contributed by atoms with van der Waals surface area (Å²) in [4.78, 5) is 23.1. The molecule has 0 bridgehead atoms. The first kappa shape index (κ1) is 12.4. The minimum atomic E-state index is -0.553. The highest BCUT2D eigenvalue weighted by molar-refractivity contribution is 6.35. The molecule has 2 aliphatic rings. The smallest absolute Gasteiger partial charge is 0.309 e. The molecule has 2 rings (SSSR count). The molecule has 2 saturated carbocycles. The van der Waals surface area contributed by atoms with Gasteiger partial charge < -0.3 is 15.7 Å². The van der Waals surface area contributed by atoms with Gasteiger partial charge in [-0.2, -0.15) is 0 Å². The number of aliphatic hydroxyl groups excluding tert-OH is 1. The molecular weight excluding hydrogens is 220 g/mol. The highest BCUT2D eigenvalue weighted by atomic mass is 16.3. The Kier molecular flexibility index (Phi) is 3.99. The van der Waals surface area contributed by atoms with Gasteiger partial charge in [0, 0.05) is 24.6 Å². The summed E-state index contributed by atoms with van der Waals surface area (Å²) in [6.45, 7) is 0.0786. The first-order valence-electron chi connectivity index (χ1n) is 6.43. The fourth-order valence-electron chi connectivity index (χ4n) is 2.33. The second-order valence-electron chi connectivity index (χ2n) is 5.05. The Balaban J connectivity index is 1.80. The Labute approximate surface area is 101 Å². The minimum Gasteiger partial charge on any atom is -0.396 e. The van der Waals surface area contributed by atoms with Crippen LogP contribution in [0.15, 0.2) is 0 Å². The molecule has 17 heavy (non-hydrogen) atoms. The SMILES string of the molecule is O=C(NC1CC1)C(=O)N[C@H]1CCCC[C@@H]1CO. The first-order valence-corrected chi connectivity index (χ1v) is 6.43. The number of aliphatic hydroxyl groups is 1. The van der Waals surface area contributed by atoms with Crippen LogP contribution >= 0.6 is 0 Å². The zero-order valence-electron chi connectivity index (χ0n) is 9.95. The number of carbonyl (C=O) groups is 2. The molecule has 0 heterocycles. The highest BCUT2D eigenvalue weighted by Gasteiger charge is 2.30. The normalized spacial score (nSPS) is 28.5. The average Bonchev–Trinajstić information content (AvgIpc) is 3.13. The fourth-order valence-corrected chi connectivity index (χ4v) is 2.33. The van der Waals surface area contributed by atoms with E-state index in [0.717, 1.165) is 38.5 Å². The Bertz CT molecular complexity index is 302. The van der Waals surface area contributed by atoms with Gasteiger partial charge in [0.05, 0.1) is 0 Å². The molecule has 5 nitrogen and oxygen atoms in total. The van der Waals surface area contributed by atoms with Crippen molar-refractivity contribution >= 4 is 11.8 Å². The van der Waals surface area contributed by atoms with Crippen LogP contribution in [-0.4, -0.2) is 35.6 Å². The van der Waals surface area contributed by atoms with Crippen LogP contribution in [0.2, 0.25) is 0 Å². The van der Waals surface area contributed by atoms with Crippen molar-refractivity contribution in [3.63, 3.8) is 0 Å². The summed E-state index contributed by atoms with van der Waals surface area (Å²) in [5.41, 5.74) is 0. The third-order valence-electron chi connectivity index (χ3n) is 3.58. The van der Waals surface area contributed by atoms with Crippen molar-refractivity contribution in [2.45, 2.75) is 50.6 Å². The minimum absolute atomic E-state index is 0.0498.